The van der Waals surface area contributed by atoms with Crippen molar-refractivity contribution in [3.8, 4) is 5.75 Å². The highest BCUT2D eigenvalue weighted by Gasteiger charge is 2.13. The molecule has 1 aliphatic heterocycles. The Morgan fingerprint density at radius 3 is 2.50 bits per heavy atom. The molecule has 1 saturated heterocycles. The average molecular weight is 409 g/mol. The minimum absolute atomic E-state index is 0.0818. The molecule has 8 heteroatoms. The second-order valence-corrected chi connectivity index (χ2v) is 8.21. The number of hydrazine groups is 1. The third kappa shape index (κ3) is 8.41. The number of morpholine rings is 1. The van der Waals surface area contributed by atoms with Gasteiger partial charge in [-0.15, -0.1) is 0 Å². The van der Waals surface area contributed by atoms with E-state index in [4.69, 9.17) is 21.7 Å². The Morgan fingerprint density at radius 1 is 1.18 bits per heavy atom. The molecule has 0 saturated carbocycles. The van der Waals surface area contributed by atoms with E-state index in [1.807, 2.05) is 24.3 Å². The monoisotopic (exact) mass is 408 g/mol. The lowest BCUT2D eigenvalue weighted by Crippen LogP contribution is -2.48. The van der Waals surface area contributed by atoms with Crippen molar-refractivity contribution < 1.29 is 14.3 Å². The zero-order valence-electron chi connectivity index (χ0n) is 17.0. The molecule has 1 amide bonds. The predicted octanol–water partition coefficient (Wildman–Crippen LogP) is 1.58. The van der Waals surface area contributed by atoms with Crippen molar-refractivity contribution in [3.05, 3.63) is 29.8 Å². The highest BCUT2D eigenvalue weighted by Crippen LogP contribution is 2.24. The van der Waals surface area contributed by atoms with E-state index >= 15 is 0 Å². The molecule has 1 aliphatic rings. The van der Waals surface area contributed by atoms with Crippen molar-refractivity contribution in [1.29, 1.82) is 0 Å². The number of rotatable bonds is 7. The van der Waals surface area contributed by atoms with E-state index in [1.165, 1.54) is 5.56 Å². The summed E-state index contributed by atoms with van der Waals surface area (Å²) >= 11 is 5.16. The maximum absolute atomic E-state index is 11.9. The first-order chi connectivity index (χ1) is 13.3. The molecule has 0 spiro atoms. The Kier molecular flexibility index (Phi) is 8.95. The summed E-state index contributed by atoms with van der Waals surface area (Å²) in [5.41, 5.74) is 6.53. The predicted molar refractivity (Wildman–Crippen MR) is 114 cm³/mol. The Labute approximate surface area is 173 Å². The van der Waals surface area contributed by atoms with Crippen LogP contribution in [0.1, 0.15) is 32.8 Å². The molecule has 7 nitrogen and oxygen atoms in total. The lowest BCUT2D eigenvalue weighted by molar-refractivity contribution is -0.123. The third-order valence-corrected chi connectivity index (χ3v) is 4.69. The van der Waals surface area contributed by atoms with Gasteiger partial charge in [0.1, 0.15) is 5.75 Å². The zero-order chi connectivity index (χ0) is 20.4. The van der Waals surface area contributed by atoms with Crippen LogP contribution in [0.3, 0.4) is 0 Å². The second kappa shape index (κ2) is 11.2. The number of carbonyl (C=O) groups excluding carboxylic acids is 1. The van der Waals surface area contributed by atoms with Crippen LogP contribution in [0.25, 0.3) is 0 Å². The van der Waals surface area contributed by atoms with E-state index in [0.29, 0.717) is 10.9 Å². The molecule has 1 aromatic rings. The summed E-state index contributed by atoms with van der Waals surface area (Å²) in [6.07, 6.45) is 0.976. The van der Waals surface area contributed by atoms with Crippen LogP contribution in [0.2, 0.25) is 0 Å². The van der Waals surface area contributed by atoms with Gasteiger partial charge in [0.2, 0.25) is 0 Å². The van der Waals surface area contributed by atoms with E-state index in [-0.39, 0.29) is 17.9 Å². The SMILES string of the molecule is CC(C)(C)c1ccc(OCC(=O)NNC(=S)NCCCN2CCOCC2)cc1. The number of ether oxygens (including phenoxy) is 2. The van der Waals surface area contributed by atoms with Gasteiger partial charge in [-0.1, -0.05) is 32.9 Å². The Hall–Kier alpha value is -1.90. The summed E-state index contributed by atoms with van der Waals surface area (Å²) in [5, 5.41) is 3.47. The lowest BCUT2D eigenvalue weighted by atomic mass is 9.87. The van der Waals surface area contributed by atoms with Gasteiger partial charge < -0.3 is 14.8 Å². The van der Waals surface area contributed by atoms with E-state index in [2.05, 4.69) is 41.8 Å². The number of carbonyl (C=O) groups is 1. The fraction of sp³-hybridized carbons (Fsp3) is 0.600. The lowest BCUT2D eigenvalue weighted by Gasteiger charge is -2.26. The molecule has 28 heavy (non-hydrogen) atoms. The molecule has 0 bridgehead atoms. The molecule has 1 heterocycles. The molecular formula is C20H32N4O3S. The molecule has 0 unspecified atom stereocenters. The van der Waals surface area contributed by atoms with Gasteiger partial charge in [-0.2, -0.15) is 0 Å². The fourth-order valence-electron chi connectivity index (χ4n) is 2.74. The number of hydrogen-bond acceptors (Lipinski definition) is 5. The number of nitrogens with zero attached hydrogens (tertiary/aromatic N) is 1. The molecule has 3 N–H and O–H groups in total. The largest absolute Gasteiger partial charge is 0.484 e. The van der Waals surface area contributed by atoms with E-state index < -0.39 is 0 Å². The maximum Gasteiger partial charge on any atom is 0.276 e. The van der Waals surface area contributed by atoms with Gasteiger partial charge in [-0.05, 0) is 48.3 Å². The van der Waals surface area contributed by atoms with Crippen LogP contribution in [0, 0.1) is 0 Å². The summed E-state index contributed by atoms with van der Waals surface area (Å²) in [7, 11) is 0. The number of thiocarbonyl (C=S) groups is 1. The van der Waals surface area contributed by atoms with Crippen molar-refractivity contribution >= 4 is 23.2 Å². The molecule has 0 radical (unpaired) electrons. The van der Waals surface area contributed by atoms with Crippen molar-refractivity contribution in [2.75, 3.05) is 46.0 Å². The molecule has 1 fully saturated rings. The van der Waals surface area contributed by atoms with Gasteiger partial charge in [0, 0.05) is 19.6 Å². The topological polar surface area (TPSA) is 74.9 Å². The summed E-state index contributed by atoms with van der Waals surface area (Å²) in [6, 6.07) is 7.78. The molecule has 0 aliphatic carbocycles. The average Bonchev–Trinajstić information content (AvgIpc) is 2.68. The number of benzene rings is 1. The molecule has 0 aromatic heterocycles. The van der Waals surface area contributed by atoms with Crippen LogP contribution in [-0.4, -0.2) is 61.9 Å². The zero-order valence-corrected chi connectivity index (χ0v) is 17.9. The van der Waals surface area contributed by atoms with E-state index in [1.54, 1.807) is 0 Å². The van der Waals surface area contributed by atoms with Gasteiger partial charge in [0.05, 0.1) is 13.2 Å². The first kappa shape index (κ1) is 22.4. The first-order valence-corrected chi connectivity index (χ1v) is 10.1. The van der Waals surface area contributed by atoms with Crippen molar-refractivity contribution in [2.24, 2.45) is 0 Å². The summed E-state index contributed by atoms with van der Waals surface area (Å²) in [5.74, 6) is 0.365. The first-order valence-electron chi connectivity index (χ1n) is 9.71. The van der Waals surface area contributed by atoms with E-state index in [0.717, 1.165) is 45.8 Å². The molecule has 0 atom stereocenters. The molecule has 156 valence electrons. The fourth-order valence-corrected chi connectivity index (χ4v) is 2.89. The van der Waals surface area contributed by atoms with Crippen LogP contribution < -0.4 is 20.9 Å². The summed E-state index contributed by atoms with van der Waals surface area (Å²) in [4.78, 5) is 14.2. The molecule has 2 rings (SSSR count). The molecular weight excluding hydrogens is 376 g/mol. The Balaban J connectivity index is 1.55. The number of amides is 1. The minimum Gasteiger partial charge on any atom is -0.484 e. The quantitative estimate of drug-likeness (QED) is 0.359. The van der Waals surface area contributed by atoms with Gasteiger partial charge in [-0.25, -0.2) is 0 Å². The van der Waals surface area contributed by atoms with Crippen molar-refractivity contribution in [3.63, 3.8) is 0 Å². The minimum atomic E-state index is -0.294. The van der Waals surface area contributed by atoms with Gasteiger partial charge >= 0.3 is 0 Å². The van der Waals surface area contributed by atoms with Crippen LogP contribution in [0.4, 0.5) is 0 Å². The number of hydrogen-bond donors (Lipinski definition) is 3. The summed E-state index contributed by atoms with van der Waals surface area (Å²) < 4.78 is 10.8. The standard InChI is InChI=1S/C20H32N4O3S/c1-20(2,3)16-5-7-17(8-6-16)27-15-18(25)22-23-19(28)21-9-4-10-24-11-13-26-14-12-24/h5-8H,4,9-15H2,1-3H3,(H,22,25)(H2,21,23,28). The number of nitrogens with one attached hydrogen (secondary N) is 3. The normalized spacial score (nSPS) is 15.0. The van der Waals surface area contributed by atoms with Crippen molar-refractivity contribution in [1.82, 2.24) is 21.1 Å². The van der Waals surface area contributed by atoms with Gasteiger partial charge in [0.25, 0.3) is 5.91 Å². The van der Waals surface area contributed by atoms with Gasteiger partial charge in [0.15, 0.2) is 11.7 Å². The highest BCUT2D eigenvalue weighted by molar-refractivity contribution is 7.80. The van der Waals surface area contributed by atoms with Crippen molar-refractivity contribution in [2.45, 2.75) is 32.6 Å². The van der Waals surface area contributed by atoms with Crippen LogP contribution in [-0.2, 0) is 14.9 Å². The smallest absolute Gasteiger partial charge is 0.276 e. The van der Waals surface area contributed by atoms with E-state index in [9.17, 15) is 4.79 Å². The van der Waals surface area contributed by atoms with Crippen LogP contribution in [0.15, 0.2) is 24.3 Å². The third-order valence-electron chi connectivity index (χ3n) is 4.45. The molecule has 1 aromatic carbocycles. The van der Waals surface area contributed by atoms with Crippen LogP contribution in [0.5, 0.6) is 5.75 Å². The summed E-state index contributed by atoms with van der Waals surface area (Å²) in [6.45, 7) is 11.7. The van der Waals surface area contributed by atoms with Gasteiger partial charge in [-0.3, -0.25) is 20.5 Å². The Morgan fingerprint density at radius 2 is 1.86 bits per heavy atom. The highest BCUT2D eigenvalue weighted by atomic mass is 32.1. The van der Waals surface area contributed by atoms with Crippen LogP contribution >= 0.6 is 12.2 Å². The second-order valence-electron chi connectivity index (χ2n) is 7.80. The Bertz CT molecular complexity index is 625. The maximum atomic E-state index is 11.9.